The Balaban J connectivity index is 0.000000872. The molecule has 0 bridgehead atoms. The van der Waals surface area contributed by atoms with E-state index in [4.69, 9.17) is 37.8 Å². The number of nitrogens with zero attached hydrogens (tertiary/aromatic N) is 3. The fourth-order valence-corrected chi connectivity index (χ4v) is 6.47. The van der Waals surface area contributed by atoms with Crippen molar-refractivity contribution in [1.82, 2.24) is 9.80 Å². The zero-order valence-electron chi connectivity index (χ0n) is 28.3. The lowest BCUT2D eigenvalue weighted by Crippen LogP contribution is -2.52. The van der Waals surface area contributed by atoms with Gasteiger partial charge in [0.1, 0.15) is 5.82 Å². The maximum atomic E-state index is 13.9. The van der Waals surface area contributed by atoms with Gasteiger partial charge in [0, 0.05) is 38.2 Å². The number of amides is 2. The topological polar surface area (TPSA) is 107 Å². The molecule has 15 heteroatoms. The molecular formula is C35H43Cl2F4N3O6. The average molecular weight is 749 g/mol. The van der Waals surface area contributed by atoms with Crippen LogP contribution in [0.25, 0.3) is 0 Å². The molecule has 2 aliphatic rings. The van der Waals surface area contributed by atoms with E-state index in [-0.39, 0.29) is 23.5 Å². The van der Waals surface area contributed by atoms with Gasteiger partial charge >= 0.3 is 18.1 Å². The van der Waals surface area contributed by atoms with Crippen molar-refractivity contribution in [3.8, 4) is 0 Å². The van der Waals surface area contributed by atoms with Crippen molar-refractivity contribution in [1.29, 1.82) is 0 Å². The highest BCUT2D eigenvalue weighted by atomic mass is 35.5. The number of anilines is 1. The van der Waals surface area contributed by atoms with Gasteiger partial charge in [-0.05, 0) is 114 Å². The van der Waals surface area contributed by atoms with Crippen molar-refractivity contribution in [2.24, 2.45) is 11.8 Å². The number of piperidine rings is 2. The Labute approximate surface area is 299 Å². The minimum Gasteiger partial charge on any atom is -0.475 e. The molecule has 1 N–H and O–H groups in total. The molecule has 4 rings (SSSR count). The third-order valence-electron chi connectivity index (χ3n) is 8.77. The van der Waals surface area contributed by atoms with Gasteiger partial charge in [-0.3, -0.25) is 14.4 Å². The first-order valence-corrected chi connectivity index (χ1v) is 17.1. The Bertz CT molecular complexity index is 1480. The summed E-state index contributed by atoms with van der Waals surface area (Å²) in [5.41, 5.74) is 0.648. The molecule has 0 aromatic heterocycles. The number of hydrogen-bond acceptors (Lipinski definition) is 6. The summed E-state index contributed by atoms with van der Waals surface area (Å²) >= 11 is 12.5. The van der Waals surface area contributed by atoms with Crippen molar-refractivity contribution >= 4 is 52.6 Å². The van der Waals surface area contributed by atoms with Crippen LogP contribution in [0, 0.1) is 17.7 Å². The highest BCUT2D eigenvalue weighted by Crippen LogP contribution is 2.31. The number of benzene rings is 2. The van der Waals surface area contributed by atoms with Crippen molar-refractivity contribution in [3.63, 3.8) is 0 Å². The van der Waals surface area contributed by atoms with E-state index >= 15 is 0 Å². The van der Waals surface area contributed by atoms with Gasteiger partial charge in [-0.25, -0.2) is 9.18 Å². The number of carbonyl (C=O) groups is 4. The maximum absolute atomic E-state index is 13.9. The molecule has 276 valence electrons. The highest BCUT2D eigenvalue weighted by Gasteiger charge is 2.39. The van der Waals surface area contributed by atoms with E-state index in [1.54, 1.807) is 30.9 Å². The number of aliphatic carboxylic acids is 1. The largest absolute Gasteiger partial charge is 0.490 e. The predicted octanol–water partition coefficient (Wildman–Crippen LogP) is 7.02. The molecule has 0 saturated carbocycles. The number of halogens is 6. The zero-order valence-corrected chi connectivity index (χ0v) is 29.8. The molecule has 2 saturated heterocycles. The number of carbonyl (C=O) groups excluding carboxylic acids is 3. The molecular weight excluding hydrogens is 705 g/mol. The Kier molecular flexibility index (Phi) is 14.9. The van der Waals surface area contributed by atoms with Gasteiger partial charge in [-0.1, -0.05) is 35.3 Å². The lowest BCUT2D eigenvalue weighted by Gasteiger charge is -2.37. The summed E-state index contributed by atoms with van der Waals surface area (Å²) in [7, 11) is 0. The predicted molar refractivity (Wildman–Crippen MR) is 182 cm³/mol. The van der Waals surface area contributed by atoms with E-state index in [0.717, 1.165) is 45.3 Å². The van der Waals surface area contributed by atoms with Gasteiger partial charge < -0.3 is 24.5 Å². The Morgan fingerprint density at radius 3 is 2.02 bits per heavy atom. The third-order valence-corrected chi connectivity index (χ3v) is 9.51. The van der Waals surface area contributed by atoms with Crippen molar-refractivity contribution in [2.75, 3.05) is 44.2 Å². The minimum absolute atomic E-state index is 0.0164. The van der Waals surface area contributed by atoms with Gasteiger partial charge in [0.15, 0.2) is 5.60 Å². The molecule has 2 aromatic carbocycles. The molecule has 0 radical (unpaired) electrons. The van der Waals surface area contributed by atoms with Gasteiger partial charge in [0.05, 0.1) is 10.0 Å². The Morgan fingerprint density at radius 1 is 0.920 bits per heavy atom. The highest BCUT2D eigenvalue weighted by molar-refractivity contribution is 6.42. The van der Waals surface area contributed by atoms with Crippen molar-refractivity contribution < 1.29 is 46.6 Å². The molecule has 0 atom stereocenters. The fraction of sp³-hybridized carbons (Fsp3) is 0.543. The average Bonchev–Trinajstić information content (AvgIpc) is 3.05. The van der Waals surface area contributed by atoms with E-state index in [1.165, 1.54) is 24.6 Å². The van der Waals surface area contributed by atoms with Crippen LogP contribution >= 0.6 is 23.2 Å². The Morgan fingerprint density at radius 2 is 1.50 bits per heavy atom. The van der Waals surface area contributed by atoms with Crippen LogP contribution in [-0.2, 0) is 30.3 Å². The van der Waals surface area contributed by atoms with E-state index < -0.39 is 23.7 Å². The van der Waals surface area contributed by atoms with Crippen LogP contribution in [0.15, 0.2) is 42.5 Å². The quantitative estimate of drug-likeness (QED) is 0.206. The first-order chi connectivity index (χ1) is 23.4. The van der Waals surface area contributed by atoms with Gasteiger partial charge in [0.2, 0.25) is 5.91 Å². The van der Waals surface area contributed by atoms with Crippen molar-refractivity contribution in [2.45, 2.75) is 71.1 Å². The maximum Gasteiger partial charge on any atom is 0.490 e. The summed E-state index contributed by atoms with van der Waals surface area (Å²) in [6, 6.07) is 12.1. The fourth-order valence-electron chi connectivity index (χ4n) is 6.17. The molecule has 0 unspecified atom stereocenters. The van der Waals surface area contributed by atoms with Crippen LogP contribution in [-0.4, -0.2) is 89.7 Å². The normalized spacial score (nSPS) is 16.3. The summed E-state index contributed by atoms with van der Waals surface area (Å²) in [5.74, 6) is -3.35. The number of alkyl halides is 3. The minimum atomic E-state index is -5.08. The molecule has 2 fully saturated rings. The summed E-state index contributed by atoms with van der Waals surface area (Å²) in [6.07, 6.45) is -0.0567. The number of ether oxygens (including phenoxy) is 1. The molecule has 9 nitrogen and oxygen atoms in total. The Hall–Kier alpha value is -3.42. The second kappa shape index (κ2) is 18.2. The second-order valence-electron chi connectivity index (χ2n) is 13.0. The molecule has 0 spiro atoms. The van der Waals surface area contributed by atoms with E-state index in [2.05, 4.69) is 4.90 Å². The number of likely N-dealkylation sites (tertiary alicyclic amines) is 2. The molecule has 2 aliphatic heterocycles. The van der Waals surface area contributed by atoms with E-state index in [0.29, 0.717) is 54.1 Å². The SMILES string of the molecule is CC(=O)OC(C)(C)C(=O)N1CCC(C(=O)N(CCCN2CCC(Cc3ccc(F)cc3)CC2)c2ccc(Cl)c(Cl)c2)CC1.O=C(O)C(F)(F)F. The lowest BCUT2D eigenvalue weighted by atomic mass is 9.90. The zero-order chi connectivity index (χ0) is 37.2. The first-order valence-electron chi connectivity index (χ1n) is 16.4. The number of esters is 1. The monoisotopic (exact) mass is 747 g/mol. The number of hydrogen-bond donors (Lipinski definition) is 1. The summed E-state index contributed by atoms with van der Waals surface area (Å²) in [4.78, 5) is 53.1. The van der Waals surface area contributed by atoms with E-state index in [9.17, 15) is 31.9 Å². The molecule has 2 amide bonds. The summed E-state index contributed by atoms with van der Waals surface area (Å²) < 4.78 is 50.2. The van der Waals surface area contributed by atoms with Crippen LogP contribution in [0.1, 0.15) is 58.4 Å². The lowest BCUT2D eigenvalue weighted by molar-refractivity contribution is -0.192. The van der Waals surface area contributed by atoms with Crippen LogP contribution < -0.4 is 4.90 Å². The number of carboxylic acid groups (broad SMARTS) is 1. The van der Waals surface area contributed by atoms with Gasteiger partial charge in [0.25, 0.3) is 5.91 Å². The van der Waals surface area contributed by atoms with Crippen LogP contribution in [0.2, 0.25) is 10.0 Å². The summed E-state index contributed by atoms with van der Waals surface area (Å²) in [6.45, 7) is 8.74. The van der Waals surface area contributed by atoms with Crippen molar-refractivity contribution in [3.05, 3.63) is 63.9 Å². The van der Waals surface area contributed by atoms with Crippen LogP contribution in [0.4, 0.5) is 23.2 Å². The number of carboxylic acids is 1. The van der Waals surface area contributed by atoms with Gasteiger partial charge in [-0.2, -0.15) is 13.2 Å². The van der Waals surface area contributed by atoms with E-state index in [1.807, 2.05) is 23.1 Å². The second-order valence-corrected chi connectivity index (χ2v) is 13.8. The molecule has 2 aromatic rings. The smallest absolute Gasteiger partial charge is 0.475 e. The molecule has 50 heavy (non-hydrogen) atoms. The third kappa shape index (κ3) is 12.4. The molecule has 0 aliphatic carbocycles. The summed E-state index contributed by atoms with van der Waals surface area (Å²) in [5, 5.41) is 7.96. The standard InChI is InChI=1S/C33H42Cl2FN3O4.C2HF3O2/c1-23(40)43-33(2,3)32(42)38-19-13-26(14-20-38)31(41)39(28-9-10-29(34)30(35)22-28)16-4-15-37-17-11-25(12-18-37)21-24-5-7-27(36)8-6-24;3-2(4,5)1(6)7/h5-10,22,25-26H,4,11-21H2,1-3H3;(H,6,7). The van der Waals surface area contributed by atoms with Crippen LogP contribution in [0.5, 0.6) is 0 Å². The first kappa shape index (κ1) is 41.0. The molecule has 2 heterocycles. The van der Waals surface area contributed by atoms with Gasteiger partial charge in [-0.15, -0.1) is 0 Å². The van der Waals surface area contributed by atoms with Crippen LogP contribution in [0.3, 0.4) is 0 Å². The number of rotatable bonds is 10.